The second-order valence-electron chi connectivity index (χ2n) is 5.99. The van der Waals surface area contributed by atoms with E-state index in [0.717, 1.165) is 41.7 Å². The van der Waals surface area contributed by atoms with E-state index in [9.17, 15) is 5.11 Å². The summed E-state index contributed by atoms with van der Waals surface area (Å²) in [6.07, 6.45) is 1.000. The molecule has 0 amide bonds. The zero-order valence-corrected chi connectivity index (χ0v) is 18.8. The number of aliphatic hydroxyl groups excluding tert-OH is 1. The van der Waals surface area contributed by atoms with Gasteiger partial charge in [0.2, 0.25) is 0 Å². The molecule has 0 spiro atoms. The molecule has 1 atom stereocenters. The molecule has 5 nitrogen and oxygen atoms in total. The lowest BCUT2D eigenvalue weighted by atomic mass is 10.1. The van der Waals surface area contributed by atoms with Crippen molar-refractivity contribution in [2.24, 2.45) is 4.99 Å². The van der Waals surface area contributed by atoms with Crippen molar-refractivity contribution in [1.82, 2.24) is 15.6 Å². The maximum absolute atomic E-state index is 10.2. The Morgan fingerprint density at radius 1 is 1.23 bits per heavy atom. The highest BCUT2D eigenvalue weighted by Gasteiger charge is 2.07. The van der Waals surface area contributed by atoms with Gasteiger partial charge in [0, 0.05) is 30.8 Å². The number of benzene rings is 1. The zero-order chi connectivity index (χ0) is 18.1. The summed E-state index contributed by atoms with van der Waals surface area (Å²) >= 11 is 1.75. The average Bonchev–Trinajstić information content (AvgIpc) is 2.91. The van der Waals surface area contributed by atoms with Crippen LogP contribution >= 0.6 is 35.3 Å². The van der Waals surface area contributed by atoms with Crippen LogP contribution in [-0.4, -0.2) is 41.8 Å². The third-order valence-electron chi connectivity index (χ3n) is 3.82. The van der Waals surface area contributed by atoms with Gasteiger partial charge in [-0.1, -0.05) is 30.3 Å². The van der Waals surface area contributed by atoms with E-state index in [1.165, 1.54) is 4.88 Å². The Hall–Kier alpha value is -1.19. The standard InChI is InChI=1S/C19H28N4OS.HI/c1-4-20-19(21-11-10-18-23-14(2)15(3)25-18)22-13-17(24)12-16-8-6-5-7-9-16;/h5-9,17,24H,4,10-13H2,1-3H3,(H2,20,21,22);1H. The van der Waals surface area contributed by atoms with E-state index in [1.807, 2.05) is 44.2 Å². The molecule has 2 aromatic rings. The first-order valence-corrected chi connectivity index (χ1v) is 9.57. The predicted molar refractivity (Wildman–Crippen MR) is 121 cm³/mol. The monoisotopic (exact) mass is 488 g/mol. The van der Waals surface area contributed by atoms with Crippen LogP contribution in [0.2, 0.25) is 0 Å². The van der Waals surface area contributed by atoms with Gasteiger partial charge in [0.25, 0.3) is 0 Å². The van der Waals surface area contributed by atoms with Crippen LogP contribution in [0.15, 0.2) is 35.3 Å². The molecule has 1 aromatic heterocycles. The van der Waals surface area contributed by atoms with Gasteiger partial charge in [-0.3, -0.25) is 4.99 Å². The Morgan fingerprint density at radius 2 is 1.96 bits per heavy atom. The molecule has 0 bridgehead atoms. The first-order chi connectivity index (χ1) is 12.1. The summed E-state index contributed by atoms with van der Waals surface area (Å²) in [7, 11) is 0. The summed E-state index contributed by atoms with van der Waals surface area (Å²) in [6, 6.07) is 9.99. The summed E-state index contributed by atoms with van der Waals surface area (Å²) in [5, 5.41) is 17.9. The molecule has 26 heavy (non-hydrogen) atoms. The fourth-order valence-electron chi connectivity index (χ4n) is 2.42. The number of rotatable bonds is 8. The summed E-state index contributed by atoms with van der Waals surface area (Å²) in [5.41, 5.74) is 2.24. The number of aryl methyl sites for hydroxylation is 2. The fraction of sp³-hybridized carbons (Fsp3) is 0.474. The number of guanidine groups is 1. The highest BCUT2D eigenvalue weighted by molar-refractivity contribution is 14.0. The SMILES string of the molecule is CCNC(=NCC(O)Cc1ccccc1)NCCc1nc(C)c(C)s1.I. The number of aromatic nitrogens is 1. The van der Waals surface area contributed by atoms with Gasteiger partial charge in [-0.25, -0.2) is 4.98 Å². The predicted octanol–water partition coefficient (Wildman–Crippen LogP) is 3.08. The summed E-state index contributed by atoms with van der Waals surface area (Å²) in [5.74, 6) is 0.736. The Kier molecular flexibility index (Phi) is 10.8. The molecule has 0 saturated heterocycles. The van der Waals surface area contributed by atoms with Crippen LogP contribution in [0.5, 0.6) is 0 Å². The van der Waals surface area contributed by atoms with E-state index in [4.69, 9.17) is 0 Å². The van der Waals surface area contributed by atoms with Crippen molar-refractivity contribution in [3.05, 3.63) is 51.5 Å². The summed E-state index contributed by atoms with van der Waals surface area (Å²) in [4.78, 5) is 10.3. The van der Waals surface area contributed by atoms with Crippen LogP contribution in [0.1, 0.15) is 28.1 Å². The Morgan fingerprint density at radius 3 is 2.58 bits per heavy atom. The minimum absolute atomic E-state index is 0. The van der Waals surface area contributed by atoms with E-state index in [1.54, 1.807) is 11.3 Å². The van der Waals surface area contributed by atoms with Gasteiger partial charge in [0.1, 0.15) is 0 Å². The van der Waals surface area contributed by atoms with Crippen LogP contribution in [0.4, 0.5) is 0 Å². The van der Waals surface area contributed by atoms with Crippen molar-refractivity contribution in [2.75, 3.05) is 19.6 Å². The van der Waals surface area contributed by atoms with Crippen molar-refractivity contribution < 1.29 is 5.11 Å². The molecule has 0 saturated carbocycles. The van der Waals surface area contributed by atoms with Crippen LogP contribution < -0.4 is 10.6 Å². The van der Waals surface area contributed by atoms with E-state index < -0.39 is 6.10 Å². The molecule has 0 fully saturated rings. The maximum Gasteiger partial charge on any atom is 0.191 e. The molecular formula is C19H29IN4OS. The van der Waals surface area contributed by atoms with Crippen molar-refractivity contribution in [1.29, 1.82) is 0 Å². The second-order valence-corrected chi connectivity index (χ2v) is 7.28. The molecule has 1 heterocycles. The van der Waals surface area contributed by atoms with Crippen LogP contribution in [0, 0.1) is 13.8 Å². The third kappa shape index (κ3) is 8.01. The van der Waals surface area contributed by atoms with Crippen molar-refractivity contribution >= 4 is 41.3 Å². The van der Waals surface area contributed by atoms with Crippen molar-refractivity contribution in [2.45, 2.75) is 39.7 Å². The number of nitrogens with zero attached hydrogens (tertiary/aromatic N) is 2. The number of thiazole rings is 1. The minimum atomic E-state index is -0.484. The lowest BCUT2D eigenvalue weighted by Gasteiger charge is -2.13. The van der Waals surface area contributed by atoms with Gasteiger partial charge < -0.3 is 15.7 Å². The third-order valence-corrected chi connectivity index (χ3v) is 4.96. The van der Waals surface area contributed by atoms with E-state index >= 15 is 0 Å². The molecule has 2 rings (SSSR count). The number of nitrogens with one attached hydrogen (secondary N) is 2. The molecule has 1 aromatic carbocycles. The maximum atomic E-state index is 10.2. The molecular weight excluding hydrogens is 459 g/mol. The summed E-state index contributed by atoms with van der Waals surface area (Å²) in [6.45, 7) is 8.11. The molecule has 3 N–H and O–H groups in total. The Bertz CT molecular complexity index is 656. The molecule has 0 radical (unpaired) electrons. The smallest absolute Gasteiger partial charge is 0.191 e. The largest absolute Gasteiger partial charge is 0.391 e. The molecule has 1 unspecified atom stereocenters. The van der Waals surface area contributed by atoms with Gasteiger partial charge >= 0.3 is 0 Å². The van der Waals surface area contributed by atoms with E-state index in [0.29, 0.717) is 13.0 Å². The zero-order valence-electron chi connectivity index (χ0n) is 15.7. The number of hydrogen-bond acceptors (Lipinski definition) is 4. The van der Waals surface area contributed by atoms with Gasteiger partial charge in [-0.15, -0.1) is 35.3 Å². The van der Waals surface area contributed by atoms with Crippen LogP contribution in [0.3, 0.4) is 0 Å². The van der Waals surface area contributed by atoms with Crippen molar-refractivity contribution in [3.63, 3.8) is 0 Å². The highest BCUT2D eigenvalue weighted by Crippen LogP contribution is 2.16. The molecule has 0 aliphatic carbocycles. The molecule has 0 aliphatic heterocycles. The number of hydrogen-bond donors (Lipinski definition) is 3. The lowest BCUT2D eigenvalue weighted by Crippen LogP contribution is -2.39. The fourth-order valence-corrected chi connectivity index (χ4v) is 3.36. The van der Waals surface area contributed by atoms with Gasteiger partial charge in [0.05, 0.1) is 23.4 Å². The molecule has 144 valence electrons. The topological polar surface area (TPSA) is 69.5 Å². The normalized spacial score (nSPS) is 12.4. The van der Waals surface area contributed by atoms with Gasteiger partial charge in [0.15, 0.2) is 5.96 Å². The minimum Gasteiger partial charge on any atom is -0.391 e. The first-order valence-electron chi connectivity index (χ1n) is 8.75. The van der Waals surface area contributed by atoms with Crippen LogP contribution in [0.25, 0.3) is 0 Å². The van der Waals surface area contributed by atoms with Gasteiger partial charge in [-0.2, -0.15) is 0 Å². The molecule has 0 aliphatic rings. The van der Waals surface area contributed by atoms with Gasteiger partial charge in [-0.05, 0) is 26.3 Å². The summed E-state index contributed by atoms with van der Waals surface area (Å²) < 4.78 is 0. The Labute approximate surface area is 177 Å². The van der Waals surface area contributed by atoms with E-state index in [2.05, 4.69) is 27.5 Å². The van der Waals surface area contributed by atoms with Crippen LogP contribution in [-0.2, 0) is 12.8 Å². The quantitative estimate of drug-likeness (QED) is 0.304. The first kappa shape index (κ1) is 22.9. The lowest BCUT2D eigenvalue weighted by molar-refractivity contribution is 0.183. The highest BCUT2D eigenvalue weighted by atomic mass is 127. The average molecular weight is 488 g/mol. The number of halogens is 1. The number of aliphatic hydroxyl groups is 1. The molecule has 7 heteroatoms. The van der Waals surface area contributed by atoms with Crippen molar-refractivity contribution in [3.8, 4) is 0 Å². The number of aliphatic imine (C=N–C) groups is 1. The van der Waals surface area contributed by atoms with E-state index in [-0.39, 0.29) is 24.0 Å². The second kappa shape index (κ2) is 12.2. The Balaban J connectivity index is 0.00000338.